The Morgan fingerprint density at radius 2 is 1.93 bits per heavy atom. The normalized spacial score (nSPS) is 11.5. The minimum absolute atomic E-state index is 0. The first-order valence-corrected chi connectivity index (χ1v) is 4.20. The van der Waals surface area contributed by atoms with Crippen LogP contribution >= 0.6 is 24.0 Å². The summed E-state index contributed by atoms with van der Waals surface area (Å²) in [7, 11) is 0. The van der Waals surface area contributed by atoms with Gasteiger partial charge in [0.15, 0.2) is 0 Å². The number of aliphatic carboxylic acids is 1. The van der Waals surface area contributed by atoms with Crippen molar-refractivity contribution in [2.45, 2.75) is 18.9 Å². The van der Waals surface area contributed by atoms with E-state index >= 15 is 0 Å². The van der Waals surface area contributed by atoms with Gasteiger partial charge in [-0.15, -0.1) is 24.0 Å². The van der Waals surface area contributed by atoms with Crippen LogP contribution in [0, 0.1) is 0 Å². The summed E-state index contributed by atoms with van der Waals surface area (Å²) < 4.78 is 0. The molecule has 4 heteroatoms. The maximum absolute atomic E-state index is 10.3. The van der Waals surface area contributed by atoms with Crippen LogP contribution in [0.3, 0.4) is 0 Å². The van der Waals surface area contributed by atoms with Crippen molar-refractivity contribution in [3.05, 3.63) is 35.9 Å². The molecule has 0 bridgehead atoms. The molecule has 0 aliphatic carbocycles. The first-order valence-electron chi connectivity index (χ1n) is 4.20. The SMILES string of the molecule is I.NC(CC(=O)O)Cc1ccccc1. The largest absolute Gasteiger partial charge is 0.481 e. The summed E-state index contributed by atoms with van der Waals surface area (Å²) in [5.41, 5.74) is 6.71. The van der Waals surface area contributed by atoms with Gasteiger partial charge in [-0.05, 0) is 12.0 Å². The number of rotatable bonds is 4. The van der Waals surface area contributed by atoms with E-state index in [-0.39, 0.29) is 36.4 Å². The van der Waals surface area contributed by atoms with Crippen LogP contribution in [-0.4, -0.2) is 17.1 Å². The summed E-state index contributed by atoms with van der Waals surface area (Å²) in [6, 6.07) is 9.36. The van der Waals surface area contributed by atoms with E-state index in [1.165, 1.54) is 0 Å². The minimum Gasteiger partial charge on any atom is -0.481 e. The van der Waals surface area contributed by atoms with Crippen molar-refractivity contribution in [1.82, 2.24) is 0 Å². The van der Waals surface area contributed by atoms with Crippen LogP contribution < -0.4 is 5.73 Å². The lowest BCUT2D eigenvalue weighted by Crippen LogP contribution is -2.25. The van der Waals surface area contributed by atoms with Gasteiger partial charge in [-0.25, -0.2) is 0 Å². The average Bonchev–Trinajstić information content (AvgIpc) is 2.04. The van der Waals surface area contributed by atoms with E-state index in [1.54, 1.807) is 0 Å². The van der Waals surface area contributed by atoms with E-state index in [0.29, 0.717) is 6.42 Å². The van der Waals surface area contributed by atoms with E-state index in [0.717, 1.165) is 5.56 Å². The molecule has 0 aliphatic rings. The molecule has 0 saturated heterocycles. The van der Waals surface area contributed by atoms with Gasteiger partial charge in [-0.1, -0.05) is 30.3 Å². The number of carboxylic acids is 1. The van der Waals surface area contributed by atoms with Crippen molar-refractivity contribution in [3.8, 4) is 0 Å². The van der Waals surface area contributed by atoms with E-state index in [4.69, 9.17) is 10.8 Å². The Morgan fingerprint density at radius 3 is 2.43 bits per heavy atom. The monoisotopic (exact) mass is 307 g/mol. The van der Waals surface area contributed by atoms with E-state index in [1.807, 2.05) is 30.3 Å². The molecule has 78 valence electrons. The highest BCUT2D eigenvalue weighted by Gasteiger charge is 2.07. The van der Waals surface area contributed by atoms with Gasteiger partial charge in [0.2, 0.25) is 0 Å². The predicted molar refractivity (Wildman–Crippen MR) is 65.8 cm³/mol. The number of halogens is 1. The van der Waals surface area contributed by atoms with Crippen molar-refractivity contribution in [1.29, 1.82) is 0 Å². The summed E-state index contributed by atoms with van der Waals surface area (Å²) in [5.74, 6) is -0.844. The molecule has 0 aromatic heterocycles. The molecule has 1 rings (SSSR count). The van der Waals surface area contributed by atoms with E-state index in [9.17, 15) is 4.79 Å². The molecule has 0 radical (unpaired) electrons. The molecule has 0 saturated carbocycles. The smallest absolute Gasteiger partial charge is 0.304 e. The van der Waals surface area contributed by atoms with Crippen molar-refractivity contribution in [3.63, 3.8) is 0 Å². The number of hydrogen-bond donors (Lipinski definition) is 2. The van der Waals surface area contributed by atoms with Gasteiger partial charge in [0.05, 0.1) is 6.42 Å². The predicted octanol–water partition coefficient (Wildman–Crippen LogP) is 1.65. The van der Waals surface area contributed by atoms with Crippen LogP contribution in [0.1, 0.15) is 12.0 Å². The van der Waals surface area contributed by atoms with Crippen LogP contribution in [0.4, 0.5) is 0 Å². The van der Waals surface area contributed by atoms with Crippen molar-refractivity contribution < 1.29 is 9.90 Å². The highest BCUT2D eigenvalue weighted by Crippen LogP contribution is 2.03. The molecule has 1 unspecified atom stereocenters. The third-order valence-corrected chi connectivity index (χ3v) is 1.78. The fraction of sp³-hybridized carbons (Fsp3) is 0.300. The second-order valence-electron chi connectivity index (χ2n) is 3.05. The zero-order chi connectivity index (χ0) is 9.68. The summed E-state index contributed by atoms with van der Waals surface area (Å²) in [5, 5.41) is 8.48. The van der Waals surface area contributed by atoms with Gasteiger partial charge >= 0.3 is 5.97 Å². The zero-order valence-corrected chi connectivity index (χ0v) is 10.0. The number of benzene rings is 1. The molecule has 0 amide bonds. The van der Waals surface area contributed by atoms with Gasteiger partial charge in [-0.2, -0.15) is 0 Å². The van der Waals surface area contributed by atoms with Crippen molar-refractivity contribution in [2.75, 3.05) is 0 Å². The van der Waals surface area contributed by atoms with Crippen molar-refractivity contribution >= 4 is 29.9 Å². The number of hydrogen-bond acceptors (Lipinski definition) is 2. The summed E-state index contributed by atoms with van der Waals surface area (Å²) >= 11 is 0. The quantitative estimate of drug-likeness (QED) is 0.831. The summed E-state index contributed by atoms with van der Waals surface area (Å²) in [4.78, 5) is 10.3. The van der Waals surface area contributed by atoms with Gasteiger partial charge in [-0.3, -0.25) is 4.79 Å². The maximum atomic E-state index is 10.3. The summed E-state index contributed by atoms with van der Waals surface area (Å²) in [6.07, 6.45) is 0.641. The van der Waals surface area contributed by atoms with E-state index in [2.05, 4.69) is 0 Å². The fourth-order valence-electron chi connectivity index (χ4n) is 1.21. The molecule has 1 aromatic carbocycles. The molecule has 0 spiro atoms. The molecule has 14 heavy (non-hydrogen) atoms. The Kier molecular flexibility index (Phi) is 6.48. The van der Waals surface area contributed by atoms with Gasteiger partial charge in [0.1, 0.15) is 0 Å². The van der Waals surface area contributed by atoms with Gasteiger partial charge in [0, 0.05) is 6.04 Å². The first kappa shape index (κ1) is 13.4. The highest BCUT2D eigenvalue weighted by atomic mass is 127. The highest BCUT2D eigenvalue weighted by molar-refractivity contribution is 14.0. The standard InChI is InChI=1S/C10H13NO2.HI/c11-9(7-10(12)13)6-8-4-2-1-3-5-8;/h1-5,9H,6-7,11H2,(H,12,13);1H. The summed E-state index contributed by atoms with van der Waals surface area (Å²) in [6.45, 7) is 0. The number of carbonyl (C=O) groups is 1. The van der Waals surface area contributed by atoms with Crippen LogP contribution in [-0.2, 0) is 11.2 Å². The molecule has 0 fully saturated rings. The molecule has 0 aliphatic heterocycles. The Morgan fingerprint density at radius 1 is 1.36 bits per heavy atom. The van der Waals surface area contributed by atoms with Gasteiger partial charge < -0.3 is 10.8 Å². The Bertz CT molecular complexity index is 277. The molecule has 0 heterocycles. The van der Waals surface area contributed by atoms with E-state index < -0.39 is 5.97 Å². The zero-order valence-electron chi connectivity index (χ0n) is 7.72. The van der Waals surface area contributed by atoms with Gasteiger partial charge in [0.25, 0.3) is 0 Å². The first-order chi connectivity index (χ1) is 6.18. The molecule has 1 aromatic rings. The Hall–Kier alpha value is -0.620. The van der Waals surface area contributed by atoms with Crippen LogP contribution in [0.25, 0.3) is 0 Å². The van der Waals surface area contributed by atoms with Crippen LogP contribution in [0.15, 0.2) is 30.3 Å². The Labute approximate surface area is 100 Å². The molecule has 3 N–H and O–H groups in total. The lowest BCUT2D eigenvalue weighted by molar-refractivity contribution is -0.137. The minimum atomic E-state index is -0.844. The molecule has 1 atom stereocenters. The molecular formula is C10H14INO2. The lowest BCUT2D eigenvalue weighted by atomic mass is 10.0. The third-order valence-electron chi connectivity index (χ3n) is 1.78. The molecular weight excluding hydrogens is 293 g/mol. The number of nitrogens with two attached hydrogens (primary N) is 1. The second-order valence-corrected chi connectivity index (χ2v) is 3.05. The fourth-order valence-corrected chi connectivity index (χ4v) is 1.21. The lowest BCUT2D eigenvalue weighted by Gasteiger charge is -2.07. The molecule has 3 nitrogen and oxygen atoms in total. The van der Waals surface area contributed by atoms with Crippen LogP contribution in [0.5, 0.6) is 0 Å². The topological polar surface area (TPSA) is 63.3 Å². The van der Waals surface area contributed by atoms with Crippen molar-refractivity contribution in [2.24, 2.45) is 5.73 Å². The second kappa shape index (κ2) is 6.78. The maximum Gasteiger partial charge on any atom is 0.304 e. The Balaban J connectivity index is 0.00000169. The third kappa shape index (κ3) is 5.18. The van der Waals surface area contributed by atoms with Crippen LogP contribution in [0.2, 0.25) is 0 Å². The number of carboxylic acid groups (broad SMARTS) is 1. The average molecular weight is 307 g/mol.